The molecule has 0 saturated heterocycles. The molecule has 0 amide bonds. The fraction of sp³-hybridized carbons (Fsp3) is 0.588. The van der Waals surface area contributed by atoms with Crippen LogP contribution >= 0.6 is 35.7 Å². The van der Waals surface area contributed by atoms with E-state index in [-0.39, 0.29) is 29.8 Å². The molecule has 7 heteroatoms. The van der Waals surface area contributed by atoms with Gasteiger partial charge in [0.25, 0.3) is 0 Å². The second kappa shape index (κ2) is 14.8. The summed E-state index contributed by atoms with van der Waals surface area (Å²) in [5, 5.41) is 6.57. The van der Waals surface area contributed by atoms with Crippen LogP contribution < -0.4 is 10.6 Å². The van der Waals surface area contributed by atoms with Gasteiger partial charge >= 0.3 is 0 Å². The summed E-state index contributed by atoms with van der Waals surface area (Å²) < 4.78 is 18.7. The first-order valence-electron chi connectivity index (χ1n) is 7.99. The molecule has 0 atom stereocenters. The van der Waals surface area contributed by atoms with E-state index in [1.165, 1.54) is 6.07 Å². The van der Waals surface area contributed by atoms with Crippen molar-refractivity contribution in [1.82, 2.24) is 10.6 Å². The van der Waals surface area contributed by atoms with Crippen LogP contribution in [-0.4, -0.2) is 39.0 Å². The highest BCUT2D eigenvalue weighted by molar-refractivity contribution is 14.0. The lowest BCUT2D eigenvalue weighted by atomic mass is 10.1. The van der Waals surface area contributed by atoms with Gasteiger partial charge < -0.3 is 15.4 Å². The van der Waals surface area contributed by atoms with Crippen molar-refractivity contribution in [2.24, 2.45) is 4.99 Å². The summed E-state index contributed by atoms with van der Waals surface area (Å²) in [4.78, 5) is 4.21. The molecule has 0 radical (unpaired) electrons. The molecular weight excluding hydrogens is 440 g/mol. The lowest BCUT2D eigenvalue weighted by Crippen LogP contribution is -2.37. The lowest BCUT2D eigenvalue weighted by molar-refractivity contribution is 0.143. The van der Waals surface area contributed by atoms with Gasteiger partial charge in [0.1, 0.15) is 5.82 Å². The topological polar surface area (TPSA) is 45.6 Å². The normalized spacial score (nSPS) is 11.1. The van der Waals surface area contributed by atoms with E-state index in [1.807, 2.05) is 19.2 Å². The van der Waals surface area contributed by atoms with Gasteiger partial charge in [0.05, 0.1) is 0 Å². The van der Waals surface area contributed by atoms with Crippen LogP contribution in [0.4, 0.5) is 4.39 Å². The third-order valence-electron chi connectivity index (χ3n) is 3.35. The van der Waals surface area contributed by atoms with Crippen molar-refractivity contribution in [3.8, 4) is 0 Å². The second-order valence-electron chi connectivity index (χ2n) is 5.10. The molecule has 0 aliphatic heterocycles. The molecular formula is C17H29FIN3OS. The number of nitrogens with zero attached hydrogens (tertiary/aromatic N) is 1. The van der Waals surface area contributed by atoms with E-state index in [1.54, 1.807) is 24.9 Å². The quantitative estimate of drug-likeness (QED) is 0.237. The van der Waals surface area contributed by atoms with Gasteiger partial charge in [-0.25, -0.2) is 4.39 Å². The molecule has 0 aliphatic rings. The fourth-order valence-electron chi connectivity index (χ4n) is 2.14. The minimum absolute atomic E-state index is 0. The van der Waals surface area contributed by atoms with Crippen molar-refractivity contribution in [3.63, 3.8) is 0 Å². The largest absolute Gasteiger partial charge is 0.382 e. The molecule has 0 aliphatic carbocycles. The average molecular weight is 469 g/mol. The van der Waals surface area contributed by atoms with E-state index in [9.17, 15) is 4.39 Å². The fourth-order valence-corrected chi connectivity index (χ4v) is 2.72. The highest BCUT2D eigenvalue weighted by atomic mass is 127. The van der Waals surface area contributed by atoms with Crippen LogP contribution in [0.2, 0.25) is 0 Å². The molecule has 138 valence electrons. The van der Waals surface area contributed by atoms with Crippen molar-refractivity contribution in [2.45, 2.75) is 32.1 Å². The van der Waals surface area contributed by atoms with Crippen molar-refractivity contribution in [2.75, 3.05) is 33.1 Å². The zero-order chi connectivity index (χ0) is 16.9. The Bertz CT molecular complexity index is 489. The van der Waals surface area contributed by atoms with Gasteiger partial charge in [-0.15, -0.1) is 24.0 Å². The predicted molar refractivity (Wildman–Crippen MR) is 113 cm³/mol. The summed E-state index contributed by atoms with van der Waals surface area (Å²) in [6.45, 7) is 5.07. The molecule has 0 bridgehead atoms. The maximum Gasteiger partial charge on any atom is 0.191 e. The Balaban J connectivity index is 0.00000529. The minimum Gasteiger partial charge on any atom is -0.382 e. The Hall–Kier alpha value is -0.540. The minimum atomic E-state index is -0.186. The molecule has 0 heterocycles. The van der Waals surface area contributed by atoms with E-state index in [2.05, 4.69) is 15.6 Å². The Kier molecular flexibility index (Phi) is 14.4. The Labute approximate surface area is 166 Å². The van der Waals surface area contributed by atoms with E-state index < -0.39 is 0 Å². The average Bonchev–Trinajstić information content (AvgIpc) is 2.55. The molecule has 1 aromatic carbocycles. The van der Waals surface area contributed by atoms with Gasteiger partial charge in [-0.3, -0.25) is 4.99 Å². The molecule has 0 spiro atoms. The summed E-state index contributed by atoms with van der Waals surface area (Å²) >= 11 is 1.69. The molecule has 1 aromatic rings. The zero-order valence-corrected chi connectivity index (χ0v) is 17.9. The number of nitrogens with one attached hydrogen (secondary N) is 2. The number of hydrogen-bond acceptors (Lipinski definition) is 3. The Morgan fingerprint density at radius 2 is 2.04 bits per heavy atom. The van der Waals surface area contributed by atoms with Crippen LogP contribution in [0.5, 0.6) is 0 Å². The van der Waals surface area contributed by atoms with Gasteiger partial charge in [0, 0.05) is 39.1 Å². The monoisotopic (exact) mass is 469 g/mol. The second-order valence-corrected chi connectivity index (χ2v) is 5.97. The molecule has 0 aromatic heterocycles. The highest BCUT2D eigenvalue weighted by Crippen LogP contribution is 2.16. The number of benzene rings is 1. The summed E-state index contributed by atoms with van der Waals surface area (Å²) in [6, 6.07) is 4.95. The lowest BCUT2D eigenvalue weighted by Gasteiger charge is -2.14. The Morgan fingerprint density at radius 3 is 2.71 bits per heavy atom. The summed E-state index contributed by atoms with van der Waals surface area (Å²) in [5.74, 6) is 1.38. The number of unbranched alkanes of at least 4 members (excludes halogenated alkanes) is 1. The number of ether oxygens (including phenoxy) is 1. The summed E-state index contributed by atoms with van der Waals surface area (Å²) in [6.07, 6.45) is 4.09. The predicted octanol–water partition coefficient (Wildman–Crippen LogP) is 3.79. The third-order valence-corrected chi connectivity index (χ3v) is 3.95. The number of aliphatic imine (C=N–C) groups is 1. The van der Waals surface area contributed by atoms with Gasteiger partial charge in [0.15, 0.2) is 5.96 Å². The number of guanidine groups is 1. The van der Waals surface area contributed by atoms with Crippen LogP contribution in [0.15, 0.2) is 23.2 Å². The van der Waals surface area contributed by atoms with Gasteiger partial charge in [-0.05, 0) is 49.3 Å². The molecule has 0 saturated carbocycles. The van der Waals surface area contributed by atoms with E-state index >= 15 is 0 Å². The van der Waals surface area contributed by atoms with Crippen LogP contribution in [0, 0.1) is 5.82 Å². The number of rotatable bonds is 10. The summed E-state index contributed by atoms with van der Waals surface area (Å²) in [5.41, 5.74) is 2.12. The molecule has 0 unspecified atom stereocenters. The first-order chi connectivity index (χ1) is 11.2. The standard InChI is InChI=1S/C17H28FN3OS.HI/c1-4-22-10-6-5-9-20-17(19-2)21-12-14-7-8-16(18)11-15(14)13-23-3;/h7-8,11H,4-6,9-10,12-13H2,1-3H3,(H2,19,20,21);1H. The van der Waals surface area contributed by atoms with Crippen molar-refractivity contribution in [1.29, 1.82) is 0 Å². The smallest absolute Gasteiger partial charge is 0.191 e. The number of halogens is 2. The van der Waals surface area contributed by atoms with Crippen LogP contribution in [-0.2, 0) is 17.0 Å². The van der Waals surface area contributed by atoms with E-state index in [0.29, 0.717) is 6.54 Å². The van der Waals surface area contributed by atoms with Crippen LogP contribution in [0.3, 0.4) is 0 Å². The maximum atomic E-state index is 13.4. The van der Waals surface area contributed by atoms with Gasteiger partial charge in [0.2, 0.25) is 0 Å². The number of thioether (sulfide) groups is 1. The molecule has 24 heavy (non-hydrogen) atoms. The van der Waals surface area contributed by atoms with Gasteiger partial charge in [-0.2, -0.15) is 11.8 Å². The third kappa shape index (κ3) is 9.68. The summed E-state index contributed by atoms with van der Waals surface area (Å²) in [7, 11) is 1.75. The van der Waals surface area contributed by atoms with E-state index in [4.69, 9.17) is 4.74 Å². The van der Waals surface area contributed by atoms with Crippen LogP contribution in [0.25, 0.3) is 0 Å². The molecule has 1 rings (SSSR count). The Morgan fingerprint density at radius 1 is 1.25 bits per heavy atom. The van der Waals surface area contributed by atoms with Crippen molar-refractivity contribution in [3.05, 3.63) is 35.1 Å². The maximum absolute atomic E-state index is 13.4. The number of hydrogen-bond donors (Lipinski definition) is 2. The van der Waals surface area contributed by atoms with Crippen LogP contribution in [0.1, 0.15) is 30.9 Å². The zero-order valence-electron chi connectivity index (χ0n) is 14.7. The highest BCUT2D eigenvalue weighted by Gasteiger charge is 2.05. The van der Waals surface area contributed by atoms with Gasteiger partial charge in [-0.1, -0.05) is 6.07 Å². The molecule has 4 nitrogen and oxygen atoms in total. The van der Waals surface area contributed by atoms with Crippen molar-refractivity contribution < 1.29 is 9.13 Å². The molecule has 0 fully saturated rings. The molecule has 2 N–H and O–H groups in total. The SMILES string of the molecule is CCOCCCCNC(=NC)NCc1ccc(F)cc1CSC.I. The first-order valence-corrected chi connectivity index (χ1v) is 9.39. The van der Waals surface area contributed by atoms with E-state index in [0.717, 1.165) is 55.4 Å². The first kappa shape index (κ1) is 23.5. The van der Waals surface area contributed by atoms with Crippen molar-refractivity contribution >= 4 is 41.7 Å².